The lowest BCUT2D eigenvalue weighted by atomic mass is 9.96. The molecule has 0 unspecified atom stereocenters. The van der Waals surface area contributed by atoms with E-state index in [0.29, 0.717) is 37.2 Å². The van der Waals surface area contributed by atoms with Crippen LogP contribution in [0, 0.1) is 11.7 Å². The summed E-state index contributed by atoms with van der Waals surface area (Å²) in [6, 6.07) is 6.89. The second-order valence-corrected chi connectivity index (χ2v) is 8.83. The minimum Gasteiger partial charge on any atom is -0.337 e. The number of aromatic nitrogens is 2. The van der Waals surface area contributed by atoms with Gasteiger partial charge in [0.25, 0.3) is 5.56 Å². The molecule has 1 saturated heterocycles. The Morgan fingerprint density at radius 3 is 2.83 bits per heavy atom. The van der Waals surface area contributed by atoms with E-state index in [1.807, 2.05) is 17.0 Å². The van der Waals surface area contributed by atoms with E-state index in [4.69, 9.17) is 4.98 Å². The van der Waals surface area contributed by atoms with Gasteiger partial charge in [0.05, 0.1) is 17.8 Å². The van der Waals surface area contributed by atoms with Crippen LogP contribution >= 0.6 is 0 Å². The lowest BCUT2D eigenvalue weighted by molar-refractivity contribution is -0.133. The number of hydrogen-bond donors (Lipinski definition) is 1. The number of carbonyl (C=O) groups is 1. The normalized spacial score (nSPS) is 22.0. The number of piperidine rings is 1. The third-order valence-corrected chi connectivity index (χ3v) is 6.57. The number of carbonyl (C=O) groups excluding carboxylic acids is 1. The summed E-state index contributed by atoms with van der Waals surface area (Å²) in [7, 11) is 0. The summed E-state index contributed by atoms with van der Waals surface area (Å²) in [6.45, 7) is 3.25. The lowest BCUT2D eigenvalue weighted by Gasteiger charge is -2.33. The lowest BCUT2D eigenvalue weighted by Crippen LogP contribution is -2.41. The van der Waals surface area contributed by atoms with Crippen molar-refractivity contribution in [3.05, 3.63) is 63.1 Å². The third-order valence-electron chi connectivity index (χ3n) is 6.57. The molecule has 0 bridgehead atoms. The van der Waals surface area contributed by atoms with E-state index in [9.17, 15) is 14.0 Å². The zero-order valence-electron chi connectivity index (χ0n) is 17.1. The molecular formula is C23H27FN4O2. The van der Waals surface area contributed by atoms with Crippen molar-refractivity contribution in [2.75, 3.05) is 19.6 Å². The number of rotatable bonds is 4. The topological polar surface area (TPSA) is 69.3 Å². The molecule has 3 aliphatic rings. The zero-order valence-corrected chi connectivity index (χ0v) is 17.1. The Morgan fingerprint density at radius 2 is 2.03 bits per heavy atom. The van der Waals surface area contributed by atoms with Gasteiger partial charge in [0, 0.05) is 43.5 Å². The van der Waals surface area contributed by atoms with Crippen molar-refractivity contribution in [3.8, 4) is 0 Å². The van der Waals surface area contributed by atoms with Crippen LogP contribution in [-0.4, -0.2) is 45.3 Å². The fourth-order valence-corrected chi connectivity index (χ4v) is 4.70. The van der Waals surface area contributed by atoms with Gasteiger partial charge in [-0.05, 0) is 38.3 Å². The molecule has 2 aromatic rings. The second-order valence-electron chi connectivity index (χ2n) is 8.83. The molecule has 1 N–H and O–H groups in total. The summed E-state index contributed by atoms with van der Waals surface area (Å²) >= 11 is 0. The number of halogens is 1. The van der Waals surface area contributed by atoms with E-state index in [1.54, 1.807) is 6.07 Å². The highest BCUT2D eigenvalue weighted by Crippen LogP contribution is 2.32. The molecule has 1 aromatic heterocycles. The van der Waals surface area contributed by atoms with Gasteiger partial charge in [-0.25, -0.2) is 9.37 Å². The molecule has 1 saturated carbocycles. The molecule has 3 heterocycles. The van der Waals surface area contributed by atoms with Gasteiger partial charge >= 0.3 is 0 Å². The molecule has 30 heavy (non-hydrogen) atoms. The number of hydrogen-bond acceptors (Lipinski definition) is 4. The van der Waals surface area contributed by atoms with E-state index in [2.05, 4.69) is 9.88 Å². The van der Waals surface area contributed by atoms with Crippen LogP contribution in [0.15, 0.2) is 29.1 Å². The Labute approximate surface area is 175 Å². The number of nitrogens with zero attached hydrogens (tertiary/aromatic N) is 3. The largest absolute Gasteiger partial charge is 0.337 e. The Bertz CT molecular complexity index is 1020. The van der Waals surface area contributed by atoms with E-state index in [-0.39, 0.29) is 29.1 Å². The summed E-state index contributed by atoms with van der Waals surface area (Å²) in [5.74, 6) is 1.04. The fraction of sp³-hybridized carbons (Fsp3) is 0.522. The van der Waals surface area contributed by atoms with E-state index >= 15 is 0 Å². The van der Waals surface area contributed by atoms with Crippen molar-refractivity contribution in [2.45, 2.75) is 51.1 Å². The highest BCUT2D eigenvalue weighted by atomic mass is 19.1. The molecule has 1 atom stereocenters. The Hall–Kier alpha value is -2.54. The van der Waals surface area contributed by atoms with Crippen LogP contribution in [0.1, 0.15) is 54.2 Å². The van der Waals surface area contributed by atoms with E-state index < -0.39 is 0 Å². The van der Waals surface area contributed by atoms with Crippen LogP contribution in [0.2, 0.25) is 0 Å². The molecule has 0 spiro atoms. The van der Waals surface area contributed by atoms with Gasteiger partial charge in [-0.3, -0.25) is 14.5 Å². The first-order chi connectivity index (χ1) is 14.6. The zero-order chi connectivity index (χ0) is 20.7. The van der Waals surface area contributed by atoms with Crippen LogP contribution in [0.4, 0.5) is 4.39 Å². The molecule has 1 amide bonds. The van der Waals surface area contributed by atoms with Crippen LogP contribution < -0.4 is 5.56 Å². The number of nitrogens with one attached hydrogen (secondary N) is 1. The van der Waals surface area contributed by atoms with Crippen molar-refractivity contribution in [1.82, 2.24) is 19.8 Å². The maximum Gasteiger partial charge on any atom is 0.256 e. The van der Waals surface area contributed by atoms with Gasteiger partial charge in [0.15, 0.2) is 0 Å². The van der Waals surface area contributed by atoms with Crippen LogP contribution in [0.25, 0.3) is 0 Å². The number of fused-ring (bicyclic) bond motifs is 1. The van der Waals surface area contributed by atoms with Crippen molar-refractivity contribution in [1.29, 1.82) is 0 Å². The maximum absolute atomic E-state index is 14.0. The minimum atomic E-state index is -0.176. The Kier molecular flexibility index (Phi) is 5.15. The molecule has 158 valence electrons. The molecule has 5 rings (SSSR count). The van der Waals surface area contributed by atoms with Crippen molar-refractivity contribution in [2.24, 2.45) is 5.92 Å². The fourth-order valence-electron chi connectivity index (χ4n) is 4.70. The van der Waals surface area contributed by atoms with Gasteiger partial charge in [-0.1, -0.05) is 18.2 Å². The first-order valence-corrected chi connectivity index (χ1v) is 10.9. The van der Waals surface area contributed by atoms with E-state index in [1.165, 1.54) is 6.07 Å². The summed E-state index contributed by atoms with van der Waals surface area (Å²) in [5.41, 5.74) is 2.05. The van der Waals surface area contributed by atoms with Gasteiger partial charge in [0.2, 0.25) is 5.91 Å². The van der Waals surface area contributed by atoms with Crippen molar-refractivity contribution >= 4 is 5.91 Å². The second kappa shape index (κ2) is 7.95. The number of aromatic amines is 1. The molecule has 2 aliphatic heterocycles. The first kappa shape index (κ1) is 19.4. The molecule has 6 nitrogen and oxygen atoms in total. The predicted octanol–water partition coefficient (Wildman–Crippen LogP) is 2.58. The first-order valence-electron chi connectivity index (χ1n) is 10.9. The summed E-state index contributed by atoms with van der Waals surface area (Å²) in [5, 5.41) is 0. The summed E-state index contributed by atoms with van der Waals surface area (Å²) < 4.78 is 14.0. The molecule has 0 radical (unpaired) electrons. The standard InChI is InChI=1S/C23H27FN4O2/c24-19-6-2-1-4-16(19)12-27-10-3-5-17(13-27)21-25-20-9-11-28(23(30)15-7-8-15)14-18(20)22(29)26-21/h1-2,4,6,15,17H,3,5,7-14H2,(H,25,26,29)/t17-/m0/s1. The average molecular weight is 410 g/mol. The minimum absolute atomic E-state index is 0.116. The monoisotopic (exact) mass is 410 g/mol. The maximum atomic E-state index is 14.0. The average Bonchev–Trinajstić information content (AvgIpc) is 3.60. The number of amides is 1. The van der Waals surface area contributed by atoms with Gasteiger partial charge < -0.3 is 9.88 Å². The molecule has 1 aromatic carbocycles. The van der Waals surface area contributed by atoms with E-state index in [0.717, 1.165) is 50.3 Å². The number of likely N-dealkylation sites (tertiary alicyclic amines) is 1. The molecule has 1 aliphatic carbocycles. The summed E-state index contributed by atoms with van der Waals surface area (Å²) in [4.78, 5) is 37.0. The predicted molar refractivity (Wildman–Crippen MR) is 110 cm³/mol. The Balaban J connectivity index is 1.31. The van der Waals surface area contributed by atoms with Crippen molar-refractivity contribution < 1.29 is 9.18 Å². The smallest absolute Gasteiger partial charge is 0.256 e. The number of H-pyrrole nitrogens is 1. The highest BCUT2D eigenvalue weighted by Gasteiger charge is 2.35. The Morgan fingerprint density at radius 1 is 1.20 bits per heavy atom. The van der Waals surface area contributed by atoms with Crippen LogP contribution in [-0.2, 0) is 24.3 Å². The van der Waals surface area contributed by atoms with Crippen LogP contribution in [0.3, 0.4) is 0 Å². The van der Waals surface area contributed by atoms with Gasteiger partial charge in [0.1, 0.15) is 11.6 Å². The molecule has 7 heteroatoms. The van der Waals surface area contributed by atoms with Gasteiger partial charge in [-0.2, -0.15) is 0 Å². The quantitative estimate of drug-likeness (QED) is 0.841. The SMILES string of the molecule is O=C(C1CC1)N1CCc2nc([C@H]3CCCN(Cc4ccccc4F)C3)[nH]c(=O)c2C1. The molecule has 2 fully saturated rings. The highest BCUT2D eigenvalue weighted by molar-refractivity contribution is 5.81. The summed E-state index contributed by atoms with van der Waals surface area (Å²) in [6.07, 6.45) is 4.53. The van der Waals surface area contributed by atoms with Gasteiger partial charge in [-0.15, -0.1) is 0 Å². The number of benzene rings is 1. The molecular weight excluding hydrogens is 383 g/mol. The third kappa shape index (κ3) is 3.90. The van der Waals surface area contributed by atoms with Crippen molar-refractivity contribution in [3.63, 3.8) is 0 Å². The van der Waals surface area contributed by atoms with Crippen LogP contribution in [0.5, 0.6) is 0 Å².